The average molecular weight is 894 g/mol. The third-order valence-electron chi connectivity index (χ3n) is 14.7. The number of benzene rings is 11. The Kier molecular flexibility index (Phi) is 9.89. The highest BCUT2D eigenvalue weighted by Crippen LogP contribution is 2.56. The van der Waals surface area contributed by atoms with Crippen molar-refractivity contribution in [3.8, 4) is 22.5 Å². The monoisotopic (exact) mass is 893 g/mol. The first kappa shape index (κ1) is 40.6. The molecule has 0 N–H and O–H groups in total. The number of hydrogen-bond acceptors (Lipinski definition) is 3. The first-order valence-electron chi connectivity index (χ1n) is 23.8. The van der Waals surface area contributed by atoms with Gasteiger partial charge < -0.3 is 8.39 Å². The lowest BCUT2D eigenvalue weighted by Crippen LogP contribution is -2.27. The van der Waals surface area contributed by atoms with Crippen molar-refractivity contribution in [2.45, 2.75) is 38.3 Å². The second-order valence-corrected chi connectivity index (χ2v) is 19.7. The predicted octanol–water partition coefficient (Wildman–Crippen LogP) is 18.4. The van der Waals surface area contributed by atoms with E-state index in [0.29, 0.717) is 0 Å². The molecule has 0 saturated heterocycles. The third-order valence-corrected chi connectivity index (χ3v) is 16.4. The van der Waals surface area contributed by atoms with Gasteiger partial charge in [-0.05, 0) is 108 Å². The molecule has 1 aliphatic rings. The van der Waals surface area contributed by atoms with Crippen LogP contribution in [0.4, 0.5) is 0 Å². The van der Waals surface area contributed by atoms with Gasteiger partial charge in [0.25, 0.3) is 0 Å². The van der Waals surface area contributed by atoms with E-state index in [9.17, 15) is 0 Å². The number of hydrogen-bond donors (Lipinski definition) is 0. The Labute approximate surface area is 397 Å². The fourth-order valence-corrected chi connectivity index (χ4v) is 13.2. The van der Waals surface area contributed by atoms with Crippen molar-refractivity contribution in [3.63, 3.8) is 0 Å². The highest BCUT2D eigenvalue weighted by atomic mass is 31.1. The number of nitrogens with zero attached hydrogens (tertiary/aromatic N) is 1. The minimum absolute atomic E-state index is 0.0357. The molecule has 4 heteroatoms. The maximum absolute atomic E-state index is 8.16. The Morgan fingerprint density at radius 3 is 1.60 bits per heavy atom. The molecule has 0 radical (unpaired) electrons. The van der Waals surface area contributed by atoms with Crippen LogP contribution < -0.4 is 4.67 Å². The third kappa shape index (κ3) is 6.61. The maximum Gasteiger partial charge on any atom is 0.310 e. The van der Waals surface area contributed by atoms with E-state index < -0.39 is 8.16 Å². The van der Waals surface area contributed by atoms with Crippen molar-refractivity contribution in [2.24, 2.45) is 0 Å². The first-order valence-corrected chi connectivity index (χ1v) is 25.0. The van der Waals surface area contributed by atoms with Gasteiger partial charge in [-0.3, -0.25) is 0 Å². The van der Waals surface area contributed by atoms with Crippen LogP contribution in [-0.2, 0) is 6.42 Å². The van der Waals surface area contributed by atoms with E-state index >= 15 is 0 Å². The Morgan fingerprint density at radius 2 is 0.956 bits per heavy atom. The SMILES string of the molecule is C[C@H](c1cccc2ccccc12)N([C@H](C)c1cccc2ccccc12)p1oc2c(c3c(-c4ccccc4)cc4ccc5ccccc5c4c3o1)C(c1ccccc1)Cc1ccc3ccccc3c1-2. The van der Waals surface area contributed by atoms with Crippen LogP contribution in [0.25, 0.3) is 87.3 Å². The fraction of sp³-hybridized carbons (Fsp3) is 0.0938. The van der Waals surface area contributed by atoms with Gasteiger partial charge in [0, 0.05) is 39.9 Å². The smallest absolute Gasteiger partial charge is 0.310 e. The summed E-state index contributed by atoms with van der Waals surface area (Å²) in [6.07, 6.45) is 0.814. The van der Waals surface area contributed by atoms with Gasteiger partial charge in [-0.25, -0.2) is 0 Å². The van der Waals surface area contributed by atoms with Crippen molar-refractivity contribution in [1.82, 2.24) is 0 Å². The summed E-state index contributed by atoms with van der Waals surface area (Å²) < 4.78 is 18.9. The highest BCUT2D eigenvalue weighted by molar-refractivity contribution is 7.39. The van der Waals surface area contributed by atoms with Crippen LogP contribution >= 0.6 is 8.16 Å². The molecule has 0 saturated carbocycles. The Hall–Kier alpha value is -7.68. The Balaban J connectivity index is 1.26. The van der Waals surface area contributed by atoms with Crippen molar-refractivity contribution in [3.05, 3.63) is 252 Å². The van der Waals surface area contributed by atoms with Gasteiger partial charge in [0.1, 0.15) is 5.76 Å². The molecule has 11 aromatic carbocycles. The lowest BCUT2D eigenvalue weighted by atomic mass is 9.75. The maximum atomic E-state index is 8.16. The quantitative estimate of drug-likeness (QED) is 0.149. The molecule has 12 aromatic rings. The van der Waals surface area contributed by atoms with Crippen LogP contribution in [0.3, 0.4) is 0 Å². The largest absolute Gasteiger partial charge is 0.407 e. The fourth-order valence-electron chi connectivity index (χ4n) is 11.5. The van der Waals surface area contributed by atoms with Crippen LogP contribution in [0.1, 0.15) is 59.7 Å². The number of rotatable bonds is 7. The molecule has 1 aromatic heterocycles. The zero-order valence-electron chi connectivity index (χ0n) is 38.0. The molecule has 1 heterocycles. The molecule has 2 unspecified atom stereocenters. The minimum atomic E-state index is -1.93. The van der Waals surface area contributed by atoms with Gasteiger partial charge >= 0.3 is 8.16 Å². The van der Waals surface area contributed by atoms with Crippen LogP contribution in [0.2, 0.25) is 0 Å². The molecule has 326 valence electrons. The predicted molar refractivity (Wildman–Crippen MR) is 287 cm³/mol. The standard InChI is InChI=1S/C64H48NO2P/c1-41(51-33-17-27-43-23-9-13-29-53(43)51)65(42(2)52-34-18-28-44-24-10-14-30-54(44)52)68-66-63-59-49(37-35-47-25-11-15-31-55(47)59)39-57(45-19-5-3-6-20-45)61(63)62-58(46-21-7-4-8-22-46)40-50-38-36-48-26-12-16-32-56(48)60(50)64(62)67-68/h3-39,41-42,58H,40H2,1-2H3/t41-,42-,58?,68?/m1/s1. The Morgan fingerprint density at radius 1 is 0.456 bits per heavy atom. The summed E-state index contributed by atoms with van der Waals surface area (Å²) >= 11 is 0. The van der Waals surface area contributed by atoms with Gasteiger partial charge in [-0.15, -0.1) is 0 Å². The van der Waals surface area contributed by atoms with E-state index in [0.717, 1.165) is 56.0 Å². The molecule has 4 atom stereocenters. The molecular formula is C64H48NO2P. The van der Waals surface area contributed by atoms with Gasteiger partial charge in [-0.2, -0.15) is 4.67 Å². The van der Waals surface area contributed by atoms with E-state index in [1.165, 1.54) is 65.5 Å². The first-order chi connectivity index (χ1) is 33.6. The summed E-state index contributed by atoms with van der Waals surface area (Å²) in [5, 5.41) is 12.9. The average Bonchev–Trinajstić information content (AvgIpc) is 3.58. The zero-order chi connectivity index (χ0) is 45.3. The summed E-state index contributed by atoms with van der Waals surface area (Å²) in [6, 6.07) is 81.9. The van der Waals surface area contributed by atoms with Gasteiger partial charge in [0.15, 0.2) is 5.58 Å². The molecule has 0 bridgehead atoms. The van der Waals surface area contributed by atoms with E-state index in [1.807, 2.05) is 0 Å². The molecule has 1 aliphatic carbocycles. The lowest BCUT2D eigenvalue weighted by Gasteiger charge is -2.33. The van der Waals surface area contributed by atoms with Crippen LogP contribution in [-0.4, -0.2) is 0 Å². The van der Waals surface area contributed by atoms with Crippen LogP contribution in [0.5, 0.6) is 0 Å². The molecular weight excluding hydrogens is 846 g/mol. The summed E-state index contributed by atoms with van der Waals surface area (Å²) in [5.41, 5.74) is 10.5. The molecule has 68 heavy (non-hydrogen) atoms. The van der Waals surface area contributed by atoms with Crippen molar-refractivity contribution in [1.29, 1.82) is 0 Å². The van der Waals surface area contributed by atoms with Crippen LogP contribution in [0.15, 0.2) is 233 Å². The van der Waals surface area contributed by atoms with Crippen molar-refractivity contribution < 1.29 is 8.39 Å². The van der Waals surface area contributed by atoms with Crippen molar-refractivity contribution in [2.75, 3.05) is 4.67 Å². The molecule has 13 rings (SSSR count). The van der Waals surface area contributed by atoms with E-state index in [4.69, 9.17) is 8.39 Å². The minimum Gasteiger partial charge on any atom is -0.407 e. The van der Waals surface area contributed by atoms with Gasteiger partial charge in [0.2, 0.25) is 0 Å². The van der Waals surface area contributed by atoms with Crippen LogP contribution in [0, 0.1) is 0 Å². The second kappa shape index (κ2) is 16.6. The summed E-state index contributed by atoms with van der Waals surface area (Å²) in [6.45, 7) is 4.70. The molecule has 0 amide bonds. The molecule has 0 spiro atoms. The van der Waals surface area contributed by atoms with Crippen molar-refractivity contribution >= 4 is 73.0 Å². The molecule has 0 fully saturated rings. The van der Waals surface area contributed by atoms with Gasteiger partial charge in [-0.1, -0.05) is 218 Å². The summed E-state index contributed by atoms with van der Waals surface area (Å²) in [7, 11) is -1.93. The number of fused-ring (bicyclic) bond motifs is 13. The normalized spacial score (nSPS) is 14.7. The summed E-state index contributed by atoms with van der Waals surface area (Å²) in [5.74, 6) is 0.866. The second-order valence-electron chi connectivity index (χ2n) is 18.4. The molecule has 3 nitrogen and oxygen atoms in total. The van der Waals surface area contributed by atoms with Gasteiger partial charge in [0.05, 0.1) is 0 Å². The van der Waals surface area contributed by atoms with E-state index in [-0.39, 0.29) is 18.0 Å². The van der Waals surface area contributed by atoms with E-state index in [1.54, 1.807) is 0 Å². The Bertz CT molecular complexity index is 3860. The van der Waals surface area contributed by atoms with E-state index in [2.05, 4.69) is 243 Å². The topological polar surface area (TPSA) is 29.5 Å². The lowest BCUT2D eigenvalue weighted by molar-refractivity contribution is 0.549. The molecule has 0 aliphatic heterocycles. The summed E-state index contributed by atoms with van der Waals surface area (Å²) in [4.78, 5) is 0. The highest BCUT2D eigenvalue weighted by Gasteiger charge is 2.37. The zero-order valence-corrected chi connectivity index (χ0v) is 38.9.